The number of rotatable bonds is 4. The van der Waals surface area contributed by atoms with E-state index in [2.05, 4.69) is 6.92 Å². The van der Waals surface area contributed by atoms with E-state index in [4.69, 9.17) is 13.6 Å². The Kier molecular flexibility index (Phi) is 4.73. The van der Waals surface area contributed by atoms with E-state index in [1.54, 1.807) is 0 Å². The fourth-order valence-electron chi connectivity index (χ4n) is 1.43. The van der Waals surface area contributed by atoms with Gasteiger partial charge in [-0.15, -0.1) is 0 Å². The average Bonchev–Trinajstić information content (AvgIpc) is 2.38. The number of benzene rings is 1. The third-order valence-corrected chi connectivity index (χ3v) is 3.65. The summed E-state index contributed by atoms with van der Waals surface area (Å²) in [7, 11) is -1.13. The summed E-state index contributed by atoms with van der Waals surface area (Å²) >= 11 is 0. The Labute approximate surface area is 97.7 Å². The predicted molar refractivity (Wildman–Crippen MR) is 63.8 cm³/mol. The second kappa shape index (κ2) is 6.31. The van der Waals surface area contributed by atoms with Crippen LogP contribution in [0.3, 0.4) is 0 Å². The molecule has 0 aliphatic carbocycles. The third kappa shape index (κ3) is 3.53. The number of hydrogen-bond acceptors (Lipinski definition) is 3. The zero-order valence-electron chi connectivity index (χ0n) is 9.46. The molecule has 16 heavy (non-hydrogen) atoms. The lowest BCUT2D eigenvalue weighted by Crippen LogP contribution is -2.19. The lowest BCUT2D eigenvalue weighted by molar-refractivity contribution is 0.0680. The van der Waals surface area contributed by atoms with Crippen LogP contribution in [0.25, 0.3) is 0 Å². The number of hydrogen-bond donors (Lipinski definition) is 0. The Morgan fingerprint density at radius 1 is 1.25 bits per heavy atom. The van der Waals surface area contributed by atoms with Gasteiger partial charge >= 0.3 is 8.60 Å². The summed E-state index contributed by atoms with van der Waals surface area (Å²) in [5.41, 5.74) is 1.15. The molecule has 0 atom stereocenters. The van der Waals surface area contributed by atoms with Crippen LogP contribution in [0.1, 0.15) is 18.9 Å². The first kappa shape index (κ1) is 12.0. The monoisotopic (exact) mass is 240 g/mol. The van der Waals surface area contributed by atoms with Gasteiger partial charge in [-0.3, -0.25) is 0 Å². The minimum atomic E-state index is -1.13. The smallest absolute Gasteiger partial charge is 0.312 e. The van der Waals surface area contributed by atoms with Gasteiger partial charge in [0.2, 0.25) is 0 Å². The maximum absolute atomic E-state index is 5.58. The van der Waals surface area contributed by atoms with Crippen LogP contribution < -0.4 is 0 Å². The Bertz CT molecular complexity index is 296. The highest BCUT2D eigenvalue weighted by Gasteiger charge is 2.23. The van der Waals surface area contributed by atoms with Crippen LogP contribution >= 0.6 is 8.60 Å². The summed E-state index contributed by atoms with van der Waals surface area (Å²) in [4.78, 5) is 0. The summed E-state index contributed by atoms with van der Waals surface area (Å²) in [6.45, 7) is 4.23. The van der Waals surface area contributed by atoms with Crippen molar-refractivity contribution in [3.8, 4) is 0 Å². The minimum Gasteiger partial charge on any atom is -0.312 e. The summed E-state index contributed by atoms with van der Waals surface area (Å²) in [6, 6.07) is 10.1. The van der Waals surface area contributed by atoms with Gasteiger partial charge in [-0.1, -0.05) is 37.3 Å². The van der Waals surface area contributed by atoms with Gasteiger partial charge in [0.05, 0.1) is 19.8 Å². The van der Waals surface area contributed by atoms with Gasteiger partial charge in [-0.25, -0.2) is 0 Å². The largest absolute Gasteiger partial charge is 0.333 e. The van der Waals surface area contributed by atoms with Crippen molar-refractivity contribution in [1.82, 2.24) is 0 Å². The Morgan fingerprint density at radius 3 is 2.56 bits per heavy atom. The highest BCUT2D eigenvalue weighted by molar-refractivity contribution is 7.41. The van der Waals surface area contributed by atoms with Crippen molar-refractivity contribution >= 4 is 8.60 Å². The zero-order valence-corrected chi connectivity index (χ0v) is 10.4. The van der Waals surface area contributed by atoms with Crippen molar-refractivity contribution in [3.05, 3.63) is 35.9 Å². The third-order valence-electron chi connectivity index (χ3n) is 2.59. The van der Waals surface area contributed by atoms with Gasteiger partial charge in [0, 0.05) is 5.92 Å². The Hall–Kier alpha value is -0.470. The van der Waals surface area contributed by atoms with E-state index in [0.29, 0.717) is 12.5 Å². The van der Waals surface area contributed by atoms with Gasteiger partial charge in [0.1, 0.15) is 0 Å². The quantitative estimate of drug-likeness (QED) is 0.754. The van der Waals surface area contributed by atoms with E-state index in [1.165, 1.54) is 0 Å². The van der Waals surface area contributed by atoms with E-state index < -0.39 is 8.60 Å². The van der Waals surface area contributed by atoms with Crippen molar-refractivity contribution < 1.29 is 13.6 Å². The first-order chi connectivity index (χ1) is 7.88. The van der Waals surface area contributed by atoms with E-state index in [1.807, 2.05) is 30.3 Å². The molecular weight excluding hydrogens is 223 g/mol. The first-order valence-electron chi connectivity index (χ1n) is 5.61. The average molecular weight is 240 g/mol. The van der Waals surface area contributed by atoms with Crippen LogP contribution in [-0.2, 0) is 20.2 Å². The molecule has 1 heterocycles. The maximum atomic E-state index is 5.58. The second-order valence-corrected chi connectivity index (χ2v) is 5.07. The highest BCUT2D eigenvalue weighted by Crippen LogP contribution is 2.44. The molecule has 1 aliphatic rings. The van der Waals surface area contributed by atoms with Crippen LogP contribution in [0.5, 0.6) is 0 Å². The normalized spacial score (nSPS) is 25.6. The summed E-state index contributed by atoms with van der Waals surface area (Å²) in [6.07, 6.45) is 1.10. The molecule has 1 fully saturated rings. The molecule has 0 amide bonds. The fourth-order valence-corrected chi connectivity index (χ4v) is 2.57. The molecule has 1 saturated heterocycles. The van der Waals surface area contributed by atoms with Crippen LogP contribution in [0, 0.1) is 5.92 Å². The standard InChI is InChI=1S/C12H17O3P/c1-2-11-8-13-16(14-9-11)15-10-12-6-4-3-5-7-12/h3-7,11H,2,8-10H2,1H3. The molecular formula is C12H17O3P. The molecule has 1 aromatic rings. The zero-order chi connectivity index (χ0) is 11.2. The van der Waals surface area contributed by atoms with Crippen LogP contribution in [0.4, 0.5) is 0 Å². The maximum Gasteiger partial charge on any atom is 0.333 e. The van der Waals surface area contributed by atoms with E-state index in [9.17, 15) is 0 Å². The minimum absolute atomic E-state index is 0.527. The van der Waals surface area contributed by atoms with E-state index >= 15 is 0 Å². The van der Waals surface area contributed by atoms with Gasteiger partial charge in [-0.2, -0.15) is 0 Å². The van der Waals surface area contributed by atoms with Crippen molar-refractivity contribution in [1.29, 1.82) is 0 Å². The predicted octanol–water partition coefficient (Wildman–Crippen LogP) is 3.50. The Morgan fingerprint density at radius 2 is 1.94 bits per heavy atom. The van der Waals surface area contributed by atoms with Gasteiger partial charge in [-0.05, 0) is 12.0 Å². The van der Waals surface area contributed by atoms with Crippen molar-refractivity contribution in [2.75, 3.05) is 13.2 Å². The van der Waals surface area contributed by atoms with Gasteiger partial charge in [0.25, 0.3) is 0 Å². The van der Waals surface area contributed by atoms with Crippen molar-refractivity contribution in [3.63, 3.8) is 0 Å². The molecule has 88 valence electrons. The second-order valence-electron chi connectivity index (χ2n) is 3.85. The molecule has 2 rings (SSSR count). The van der Waals surface area contributed by atoms with Crippen molar-refractivity contribution in [2.24, 2.45) is 5.92 Å². The molecule has 0 radical (unpaired) electrons. The molecule has 1 aliphatic heterocycles. The van der Waals surface area contributed by atoms with Crippen LogP contribution in [-0.4, -0.2) is 13.2 Å². The molecule has 0 spiro atoms. The molecule has 0 bridgehead atoms. The molecule has 0 N–H and O–H groups in total. The molecule has 3 nitrogen and oxygen atoms in total. The summed E-state index contributed by atoms with van der Waals surface area (Å²) in [5, 5.41) is 0. The molecule has 0 unspecified atom stereocenters. The van der Waals surface area contributed by atoms with E-state index in [-0.39, 0.29) is 0 Å². The van der Waals surface area contributed by atoms with E-state index in [0.717, 1.165) is 25.2 Å². The topological polar surface area (TPSA) is 27.7 Å². The summed E-state index contributed by atoms with van der Waals surface area (Å²) < 4.78 is 16.6. The van der Waals surface area contributed by atoms with Gasteiger partial charge < -0.3 is 13.6 Å². The Balaban J connectivity index is 1.72. The van der Waals surface area contributed by atoms with Crippen molar-refractivity contribution in [2.45, 2.75) is 20.0 Å². The first-order valence-corrected chi connectivity index (χ1v) is 6.71. The van der Waals surface area contributed by atoms with Crippen LogP contribution in [0.2, 0.25) is 0 Å². The summed E-state index contributed by atoms with van der Waals surface area (Å²) in [5.74, 6) is 0.527. The lowest BCUT2D eigenvalue weighted by atomic mass is 10.1. The SMILES string of the molecule is CCC1COP(OCc2ccccc2)OC1. The molecule has 1 aromatic carbocycles. The molecule has 0 saturated carbocycles. The highest BCUT2D eigenvalue weighted by atomic mass is 31.2. The van der Waals surface area contributed by atoms with Gasteiger partial charge in [0.15, 0.2) is 0 Å². The molecule has 0 aromatic heterocycles. The lowest BCUT2D eigenvalue weighted by Gasteiger charge is -2.26. The fraction of sp³-hybridized carbons (Fsp3) is 0.500. The van der Waals surface area contributed by atoms with Crippen LogP contribution in [0.15, 0.2) is 30.3 Å². The molecule has 4 heteroatoms.